The van der Waals surface area contributed by atoms with Crippen LogP contribution in [0.25, 0.3) is 11.0 Å². The van der Waals surface area contributed by atoms with Gasteiger partial charge in [0.2, 0.25) is 17.7 Å². The number of carbonyl (C=O) groups excluding carboxylic acids is 3. The van der Waals surface area contributed by atoms with Gasteiger partial charge in [0, 0.05) is 43.1 Å². The van der Waals surface area contributed by atoms with Gasteiger partial charge in [0.1, 0.15) is 17.7 Å². The van der Waals surface area contributed by atoms with Crippen molar-refractivity contribution >= 4 is 40.3 Å². The summed E-state index contributed by atoms with van der Waals surface area (Å²) in [6.45, 7) is 3.38. The number of rotatable bonds is 11. The highest BCUT2D eigenvalue weighted by molar-refractivity contribution is 5.99. The molecular weight excluding hydrogens is 488 g/mol. The van der Waals surface area contributed by atoms with Gasteiger partial charge in [0.25, 0.3) is 0 Å². The summed E-state index contributed by atoms with van der Waals surface area (Å²) in [5.41, 5.74) is 12.6. The van der Waals surface area contributed by atoms with Crippen LogP contribution in [0.2, 0.25) is 0 Å². The molecule has 0 fully saturated rings. The molecule has 0 bridgehead atoms. The van der Waals surface area contributed by atoms with Crippen molar-refractivity contribution in [2.45, 2.75) is 45.2 Å². The zero-order valence-corrected chi connectivity index (χ0v) is 21.3. The Hall–Kier alpha value is -4.67. The molecule has 0 saturated carbocycles. The number of nitrogens with zero attached hydrogens (tertiary/aromatic N) is 1. The molecule has 0 spiro atoms. The quantitative estimate of drug-likeness (QED) is 0.109. The number of aliphatic imine (C=N–C) groups is 1. The van der Waals surface area contributed by atoms with Crippen LogP contribution in [-0.2, 0) is 20.8 Å². The average molecular weight is 521 g/mol. The van der Waals surface area contributed by atoms with E-state index in [1.54, 1.807) is 25.1 Å². The third-order valence-electron chi connectivity index (χ3n) is 5.77. The molecular formula is C27H32N6O5. The summed E-state index contributed by atoms with van der Waals surface area (Å²) < 4.78 is 5.26. The highest BCUT2D eigenvalue weighted by Crippen LogP contribution is 2.21. The second-order valence-electron chi connectivity index (χ2n) is 8.90. The van der Waals surface area contributed by atoms with E-state index in [-0.39, 0.29) is 31.3 Å². The number of nitrogens with two attached hydrogens (primary N) is 2. The molecule has 1 aromatic heterocycles. The van der Waals surface area contributed by atoms with Gasteiger partial charge in [-0.25, -0.2) is 4.79 Å². The van der Waals surface area contributed by atoms with Gasteiger partial charge in [-0.3, -0.25) is 19.4 Å². The van der Waals surface area contributed by atoms with E-state index in [0.29, 0.717) is 17.7 Å². The number of nitrogens with one attached hydrogen (secondary N) is 3. The van der Waals surface area contributed by atoms with Crippen LogP contribution in [0.15, 0.2) is 68.8 Å². The number of fused-ring (bicyclic) bond motifs is 1. The molecule has 1 heterocycles. The van der Waals surface area contributed by atoms with E-state index >= 15 is 0 Å². The summed E-state index contributed by atoms with van der Waals surface area (Å²) in [4.78, 5) is 54.0. The number of benzene rings is 2. The maximum atomic E-state index is 13.3. The first-order chi connectivity index (χ1) is 18.1. The SMILES string of the molecule is CC(=O)NC(Cc1ccccc1)C(=O)NC(CCCN=C(N)N)C(=O)Nc1ccc2c(C)cc(=O)oc2c1. The minimum Gasteiger partial charge on any atom is -0.423 e. The second kappa shape index (κ2) is 13.0. The molecule has 0 saturated heterocycles. The highest BCUT2D eigenvalue weighted by Gasteiger charge is 2.26. The van der Waals surface area contributed by atoms with E-state index in [1.165, 1.54) is 13.0 Å². The molecule has 7 N–H and O–H groups in total. The molecule has 3 amide bonds. The molecule has 0 aliphatic heterocycles. The van der Waals surface area contributed by atoms with Gasteiger partial charge in [-0.1, -0.05) is 30.3 Å². The largest absolute Gasteiger partial charge is 0.423 e. The number of hydrogen-bond donors (Lipinski definition) is 5. The van der Waals surface area contributed by atoms with E-state index in [9.17, 15) is 19.2 Å². The van der Waals surface area contributed by atoms with Crippen LogP contribution < -0.4 is 33.0 Å². The lowest BCUT2D eigenvalue weighted by Gasteiger charge is -2.23. The van der Waals surface area contributed by atoms with Crippen molar-refractivity contribution in [1.82, 2.24) is 10.6 Å². The first-order valence-electron chi connectivity index (χ1n) is 12.1. The van der Waals surface area contributed by atoms with Gasteiger partial charge in [-0.05, 0) is 43.0 Å². The summed E-state index contributed by atoms with van der Waals surface area (Å²) in [5, 5.41) is 8.92. The third kappa shape index (κ3) is 8.19. The average Bonchev–Trinajstić information content (AvgIpc) is 2.85. The highest BCUT2D eigenvalue weighted by atomic mass is 16.4. The molecule has 2 unspecified atom stereocenters. The lowest BCUT2D eigenvalue weighted by Crippen LogP contribution is -2.53. The van der Waals surface area contributed by atoms with Crippen LogP contribution in [-0.4, -0.2) is 42.3 Å². The van der Waals surface area contributed by atoms with Crippen LogP contribution in [0.4, 0.5) is 5.69 Å². The van der Waals surface area contributed by atoms with Gasteiger partial charge in [0.05, 0.1) is 0 Å². The molecule has 3 rings (SSSR count). The summed E-state index contributed by atoms with van der Waals surface area (Å²) in [5.74, 6) is -1.44. The first kappa shape index (κ1) is 27.9. The zero-order valence-electron chi connectivity index (χ0n) is 21.3. The second-order valence-corrected chi connectivity index (χ2v) is 8.90. The van der Waals surface area contributed by atoms with Gasteiger partial charge >= 0.3 is 5.63 Å². The van der Waals surface area contributed by atoms with Gasteiger partial charge in [-0.2, -0.15) is 0 Å². The molecule has 2 aromatic carbocycles. The van der Waals surface area contributed by atoms with Gasteiger partial charge < -0.3 is 31.8 Å². The van der Waals surface area contributed by atoms with Crippen molar-refractivity contribution in [2.75, 3.05) is 11.9 Å². The fourth-order valence-corrected chi connectivity index (χ4v) is 3.98. The standard InChI is InChI=1S/C27H32N6O5/c1-16-13-24(35)38-23-15-19(10-11-20(16)23)32-25(36)21(9-6-12-30-27(28)29)33-26(37)22(31-17(2)34)14-18-7-4-3-5-8-18/h3-5,7-8,10-11,13,15,21-22H,6,9,12,14H2,1-2H3,(H,31,34)(H,32,36)(H,33,37)(H4,28,29,30). The van der Waals surface area contributed by atoms with E-state index in [2.05, 4.69) is 20.9 Å². The van der Waals surface area contributed by atoms with Crippen molar-refractivity contribution in [3.05, 3.63) is 76.1 Å². The minimum atomic E-state index is -0.955. The summed E-state index contributed by atoms with van der Waals surface area (Å²) in [6.07, 6.45) is 0.886. The molecule has 0 aliphatic rings. The van der Waals surface area contributed by atoms with Crippen molar-refractivity contribution in [1.29, 1.82) is 0 Å². The molecule has 11 heteroatoms. The fraction of sp³-hybridized carbons (Fsp3) is 0.296. The van der Waals surface area contributed by atoms with E-state index < -0.39 is 29.5 Å². The molecule has 0 aliphatic carbocycles. The van der Waals surface area contributed by atoms with E-state index in [4.69, 9.17) is 15.9 Å². The number of anilines is 1. The van der Waals surface area contributed by atoms with Crippen LogP contribution in [0.1, 0.15) is 30.9 Å². The van der Waals surface area contributed by atoms with Crippen molar-refractivity contribution in [2.24, 2.45) is 16.5 Å². The Labute approximate surface area is 219 Å². The maximum absolute atomic E-state index is 13.3. The zero-order chi connectivity index (χ0) is 27.7. The number of aryl methyl sites for hydroxylation is 1. The normalized spacial score (nSPS) is 12.3. The number of carbonyl (C=O) groups is 3. The Morgan fingerprint density at radius 2 is 1.71 bits per heavy atom. The predicted octanol–water partition coefficient (Wildman–Crippen LogP) is 1.33. The van der Waals surface area contributed by atoms with Gasteiger partial charge in [0.15, 0.2) is 5.96 Å². The van der Waals surface area contributed by atoms with Crippen LogP contribution in [0.3, 0.4) is 0 Å². The molecule has 3 aromatic rings. The maximum Gasteiger partial charge on any atom is 0.336 e. The smallest absolute Gasteiger partial charge is 0.336 e. The predicted molar refractivity (Wildman–Crippen MR) is 145 cm³/mol. The first-order valence-corrected chi connectivity index (χ1v) is 12.1. The molecule has 38 heavy (non-hydrogen) atoms. The summed E-state index contributed by atoms with van der Waals surface area (Å²) >= 11 is 0. The van der Waals surface area contributed by atoms with Crippen molar-refractivity contribution in [3.8, 4) is 0 Å². The van der Waals surface area contributed by atoms with E-state index in [1.807, 2.05) is 30.3 Å². The number of amides is 3. The van der Waals surface area contributed by atoms with Crippen LogP contribution in [0, 0.1) is 6.92 Å². The Kier molecular flexibility index (Phi) is 9.58. The Morgan fingerprint density at radius 3 is 2.39 bits per heavy atom. The topological polar surface area (TPSA) is 182 Å². The Morgan fingerprint density at radius 1 is 0.974 bits per heavy atom. The Balaban J connectivity index is 1.79. The van der Waals surface area contributed by atoms with E-state index in [0.717, 1.165) is 16.5 Å². The van der Waals surface area contributed by atoms with Crippen LogP contribution >= 0.6 is 0 Å². The number of hydrogen-bond acceptors (Lipinski definition) is 6. The minimum absolute atomic E-state index is 0.0726. The van der Waals surface area contributed by atoms with Gasteiger partial charge in [-0.15, -0.1) is 0 Å². The van der Waals surface area contributed by atoms with Crippen molar-refractivity contribution in [3.63, 3.8) is 0 Å². The monoisotopic (exact) mass is 520 g/mol. The fourth-order valence-electron chi connectivity index (χ4n) is 3.98. The summed E-state index contributed by atoms with van der Waals surface area (Å²) in [7, 11) is 0. The van der Waals surface area contributed by atoms with Crippen LogP contribution in [0.5, 0.6) is 0 Å². The number of guanidine groups is 1. The Bertz CT molecular complexity index is 1380. The van der Waals surface area contributed by atoms with Crippen molar-refractivity contribution < 1.29 is 18.8 Å². The lowest BCUT2D eigenvalue weighted by atomic mass is 10.0. The molecule has 11 nitrogen and oxygen atoms in total. The third-order valence-corrected chi connectivity index (χ3v) is 5.77. The summed E-state index contributed by atoms with van der Waals surface area (Å²) in [6, 6.07) is 13.7. The molecule has 0 radical (unpaired) electrons. The molecule has 2 atom stereocenters. The lowest BCUT2D eigenvalue weighted by molar-refractivity contribution is -0.130. The molecule has 200 valence electrons.